The van der Waals surface area contributed by atoms with Crippen molar-refractivity contribution in [2.45, 2.75) is 25.0 Å². The first kappa shape index (κ1) is 20.8. The number of anilines is 3. The number of hydrogen-bond donors (Lipinski definition) is 3. The number of aliphatic hydroxyl groups is 1. The third-order valence-electron chi connectivity index (χ3n) is 6.46. The average molecular weight is 466 g/mol. The first-order chi connectivity index (χ1) is 16.4. The molecule has 2 atom stereocenters. The molecule has 6 rings (SSSR count). The fourth-order valence-corrected chi connectivity index (χ4v) is 4.81. The molecular formula is C24H21F3N6O. The molecule has 0 aliphatic carbocycles. The van der Waals surface area contributed by atoms with Gasteiger partial charge in [0, 0.05) is 24.3 Å². The van der Waals surface area contributed by atoms with Gasteiger partial charge in [-0.3, -0.25) is 0 Å². The van der Waals surface area contributed by atoms with Gasteiger partial charge in [-0.1, -0.05) is 12.1 Å². The zero-order valence-corrected chi connectivity index (χ0v) is 17.9. The molecule has 3 N–H and O–H groups in total. The number of aliphatic hydroxyl groups excluding tert-OH is 1. The number of aromatic nitrogens is 3. The molecule has 1 fully saturated rings. The Morgan fingerprint density at radius 2 is 2.00 bits per heavy atom. The number of pyridine rings is 1. The van der Waals surface area contributed by atoms with Gasteiger partial charge in [-0.25, -0.2) is 9.97 Å². The number of imidazole rings is 1. The Kier molecular flexibility index (Phi) is 4.66. The summed E-state index contributed by atoms with van der Waals surface area (Å²) < 4.78 is 39.7. The number of rotatable bonds is 4. The molecule has 0 radical (unpaired) electrons. The number of nitrogens with zero attached hydrogens (tertiary/aromatic N) is 4. The van der Waals surface area contributed by atoms with E-state index < -0.39 is 18.1 Å². The number of nitrogens with one attached hydrogen (secondary N) is 2. The minimum Gasteiger partial charge on any atom is -0.366 e. The van der Waals surface area contributed by atoms with Gasteiger partial charge in [0.25, 0.3) is 0 Å². The van der Waals surface area contributed by atoms with E-state index >= 15 is 0 Å². The lowest BCUT2D eigenvalue weighted by molar-refractivity contribution is -0.137. The molecule has 0 spiro atoms. The molecule has 174 valence electrons. The van der Waals surface area contributed by atoms with Crippen molar-refractivity contribution < 1.29 is 18.3 Å². The molecule has 2 aromatic carbocycles. The zero-order valence-electron chi connectivity index (χ0n) is 17.9. The average Bonchev–Trinajstić information content (AvgIpc) is 3.46. The second-order valence-electron chi connectivity index (χ2n) is 8.57. The molecule has 2 aliphatic rings. The van der Waals surface area contributed by atoms with Gasteiger partial charge in [-0.05, 0) is 48.9 Å². The first-order valence-corrected chi connectivity index (χ1v) is 11.0. The Labute approximate surface area is 192 Å². The molecular weight excluding hydrogens is 445 g/mol. The molecule has 2 aliphatic heterocycles. The van der Waals surface area contributed by atoms with Crippen LogP contribution in [-0.4, -0.2) is 45.5 Å². The van der Waals surface area contributed by atoms with Crippen molar-refractivity contribution in [3.8, 4) is 11.3 Å². The molecule has 1 unspecified atom stereocenters. The molecule has 34 heavy (non-hydrogen) atoms. The molecule has 4 aromatic rings. The number of H-pyrrole nitrogens is 1. The number of fused-ring (bicyclic) bond motifs is 5. The highest BCUT2D eigenvalue weighted by molar-refractivity contribution is 5.79. The summed E-state index contributed by atoms with van der Waals surface area (Å²) in [5.74, 6) is 0.547. The van der Waals surface area contributed by atoms with Gasteiger partial charge < -0.3 is 25.2 Å². The van der Waals surface area contributed by atoms with Crippen LogP contribution in [0.2, 0.25) is 0 Å². The standard InChI is InChI=1S/C24H21F3N6O/c25-24(26,27)15-3-1-2-14(10-15)18-6-7-21-22(31-18)33(17-8-9-32(21)12-17)23(34)30-16-4-5-19-20(11-16)29-13-28-19/h1-7,10-11,13,17,23,30,34H,8-9,12H2,(H,28,29)/t17-,23?/m0/s1. The molecule has 2 aromatic heterocycles. The highest BCUT2D eigenvalue weighted by Crippen LogP contribution is 2.41. The quantitative estimate of drug-likeness (QED) is 0.386. The van der Waals surface area contributed by atoms with E-state index in [1.54, 1.807) is 18.5 Å². The fraction of sp³-hybridized carbons (Fsp3) is 0.250. The van der Waals surface area contributed by atoms with Crippen LogP contribution >= 0.6 is 0 Å². The SMILES string of the molecule is OC(Nc1ccc2nc[nH]c2c1)N1c2nc(-c3cccc(C(F)(F)F)c3)ccc2N2CC[C@H]1C2. The summed E-state index contributed by atoms with van der Waals surface area (Å²) in [6.45, 7) is 1.57. The summed E-state index contributed by atoms with van der Waals surface area (Å²) in [6, 6.07) is 14.3. The molecule has 10 heteroatoms. The minimum atomic E-state index is -4.43. The summed E-state index contributed by atoms with van der Waals surface area (Å²) in [7, 11) is 0. The topological polar surface area (TPSA) is 80.3 Å². The van der Waals surface area contributed by atoms with Crippen molar-refractivity contribution >= 4 is 28.2 Å². The van der Waals surface area contributed by atoms with Gasteiger partial charge in [-0.2, -0.15) is 13.2 Å². The molecule has 7 nitrogen and oxygen atoms in total. The van der Waals surface area contributed by atoms with E-state index in [1.165, 1.54) is 6.07 Å². The maximum Gasteiger partial charge on any atom is 0.416 e. The predicted octanol–water partition coefficient (Wildman–Crippen LogP) is 4.43. The summed E-state index contributed by atoms with van der Waals surface area (Å²) in [5.41, 5.74) is 3.30. The summed E-state index contributed by atoms with van der Waals surface area (Å²) in [6.07, 6.45) is -3.06. The first-order valence-electron chi connectivity index (χ1n) is 11.0. The Hall–Kier alpha value is -3.79. The second-order valence-corrected chi connectivity index (χ2v) is 8.57. The van der Waals surface area contributed by atoms with E-state index in [0.717, 1.165) is 48.4 Å². The number of halogens is 3. The van der Waals surface area contributed by atoms with Crippen LogP contribution in [0.5, 0.6) is 0 Å². The third kappa shape index (κ3) is 3.50. The molecule has 1 saturated heterocycles. The van der Waals surface area contributed by atoms with Crippen LogP contribution in [0.4, 0.5) is 30.4 Å². The van der Waals surface area contributed by atoms with Crippen LogP contribution in [0.25, 0.3) is 22.3 Å². The maximum absolute atomic E-state index is 13.2. The number of benzene rings is 2. The van der Waals surface area contributed by atoms with Crippen molar-refractivity contribution in [3.05, 3.63) is 66.5 Å². The Morgan fingerprint density at radius 1 is 1.12 bits per heavy atom. The van der Waals surface area contributed by atoms with Gasteiger partial charge in [-0.15, -0.1) is 0 Å². The maximum atomic E-state index is 13.2. The summed E-state index contributed by atoms with van der Waals surface area (Å²) >= 11 is 0. The monoisotopic (exact) mass is 466 g/mol. The Balaban J connectivity index is 1.36. The predicted molar refractivity (Wildman–Crippen MR) is 123 cm³/mol. The van der Waals surface area contributed by atoms with Crippen LogP contribution in [-0.2, 0) is 6.18 Å². The number of alkyl halides is 3. The molecule has 4 heterocycles. The molecule has 0 saturated carbocycles. The summed E-state index contributed by atoms with van der Waals surface area (Å²) in [5, 5.41) is 14.3. The molecule has 0 amide bonds. The van der Waals surface area contributed by atoms with E-state index in [-0.39, 0.29) is 6.04 Å². The van der Waals surface area contributed by atoms with Crippen LogP contribution < -0.4 is 15.1 Å². The lowest BCUT2D eigenvalue weighted by Crippen LogP contribution is -2.51. The minimum absolute atomic E-state index is 0.0233. The smallest absolute Gasteiger partial charge is 0.366 e. The van der Waals surface area contributed by atoms with Gasteiger partial charge in [0.05, 0.1) is 40.3 Å². The van der Waals surface area contributed by atoms with Crippen molar-refractivity contribution in [1.82, 2.24) is 15.0 Å². The Morgan fingerprint density at radius 3 is 2.85 bits per heavy atom. The van der Waals surface area contributed by atoms with Crippen LogP contribution in [0, 0.1) is 0 Å². The van der Waals surface area contributed by atoms with Crippen molar-refractivity contribution in [2.75, 3.05) is 28.2 Å². The van der Waals surface area contributed by atoms with E-state index in [1.807, 2.05) is 29.2 Å². The van der Waals surface area contributed by atoms with Gasteiger partial charge in [0.2, 0.25) is 6.35 Å². The highest BCUT2D eigenvalue weighted by Gasteiger charge is 2.40. The number of hydrogen-bond acceptors (Lipinski definition) is 6. The van der Waals surface area contributed by atoms with E-state index in [4.69, 9.17) is 4.98 Å². The van der Waals surface area contributed by atoms with Gasteiger partial charge >= 0.3 is 6.18 Å². The van der Waals surface area contributed by atoms with Crippen molar-refractivity contribution in [3.63, 3.8) is 0 Å². The Bertz CT molecular complexity index is 1370. The highest BCUT2D eigenvalue weighted by atomic mass is 19.4. The van der Waals surface area contributed by atoms with Crippen LogP contribution in [0.1, 0.15) is 12.0 Å². The van der Waals surface area contributed by atoms with E-state index in [0.29, 0.717) is 22.8 Å². The second kappa shape index (κ2) is 7.63. The van der Waals surface area contributed by atoms with Crippen LogP contribution in [0.15, 0.2) is 60.9 Å². The normalized spacial score (nSPS) is 18.3. The largest absolute Gasteiger partial charge is 0.416 e. The summed E-state index contributed by atoms with van der Waals surface area (Å²) in [4.78, 5) is 16.0. The lowest BCUT2D eigenvalue weighted by atomic mass is 10.1. The van der Waals surface area contributed by atoms with Gasteiger partial charge in [0.15, 0.2) is 5.82 Å². The molecule has 2 bridgehead atoms. The number of aromatic amines is 1. The van der Waals surface area contributed by atoms with E-state index in [2.05, 4.69) is 20.2 Å². The van der Waals surface area contributed by atoms with E-state index in [9.17, 15) is 18.3 Å². The third-order valence-corrected chi connectivity index (χ3v) is 6.46. The van der Waals surface area contributed by atoms with Gasteiger partial charge in [0.1, 0.15) is 0 Å². The zero-order chi connectivity index (χ0) is 23.4. The van der Waals surface area contributed by atoms with Crippen molar-refractivity contribution in [1.29, 1.82) is 0 Å². The fourth-order valence-electron chi connectivity index (χ4n) is 4.81. The van der Waals surface area contributed by atoms with Crippen molar-refractivity contribution in [2.24, 2.45) is 0 Å². The van der Waals surface area contributed by atoms with Crippen LogP contribution in [0.3, 0.4) is 0 Å². The lowest BCUT2D eigenvalue weighted by Gasteiger charge is -2.40.